The number of carbonyl (C=O) groups is 2. The molecule has 0 spiro atoms. The molecule has 0 aliphatic heterocycles. The first kappa shape index (κ1) is 22.8. The number of hydrogen-bond acceptors (Lipinski definition) is 6. The van der Waals surface area contributed by atoms with E-state index in [1.807, 2.05) is 18.4 Å². The Labute approximate surface area is 170 Å². The van der Waals surface area contributed by atoms with Crippen LogP contribution in [-0.2, 0) is 26.0 Å². The summed E-state index contributed by atoms with van der Waals surface area (Å²) in [7, 11) is -1.98. The number of ketones is 1. The highest BCUT2D eigenvalue weighted by Gasteiger charge is 2.19. The van der Waals surface area contributed by atoms with Gasteiger partial charge in [0.05, 0.1) is 17.1 Å². The van der Waals surface area contributed by atoms with Crippen molar-refractivity contribution in [3.8, 4) is 0 Å². The van der Waals surface area contributed by atoms with Gasteiger partial charge >= 0.3 is 5.97 Å². The van der Waals surface area contributed by atoms with Crippen LogP contribution in [0.2, 0.25) is 0 Å². The van der Waals surface area contributed by atoms with Gasteiger partial charge in [0.2, 0.25) is 15.8 Å². The summed E-state index contributed by atoms with van der Waals surface area (Å²) in [5.74, 6) is -1.000. The van der Waals surface area contributed by atoms with Gasteiger partial charge in [-0.15, -0.1) is 0 Å². The third-order valence-corrected chi connectivity index (χ3v) is 6.02. The Bertz CT molecular complexity index is 977. The molecule has 0 fully saturated rings. The second kappa shape index (κ2) is 9.82. The highest BCUT2D eigenvalue weighted by Crippen LogP contribution is 2.16. The number of nitrogens with zero attached hydrogens (tertiary/aromatic N) is 1. The number of nitrogens with one attached hydrogen (secondary N) is 1. The van der Waals surface area contributed by atoms with Crippen LogP contribution in [0.3, 0.4) is 0 Å². The molecule has 0 aliphatic rings. The fourth-order valence-corrected chi connectivity index (χ4v) is 3.99. The number of hydrogen-bond donors (Lipinski definition) is 1. The molecule has 2 rings (SSSR count). The quantitative estimate of drug-likeness (QED) is 0.464. The van der Waals surface area contributed by atoms with Crippen molar-refractivity contribution in [3.05, 3.63) is 52.8 Å². The third kappa shape index (κ3) is 5.53. The molecular weight excluding hydrogens is 396 g/mol. The Morgan fingerprint density at radius 2 is 1.79 bits per heavy atom. The van der Waals surface area contributed by atoms with E-state index >= 15 is 0 Å². The van der Waals surface area contributed by atoms with E-state index < -0.39 is 22.6 Å². The molecule has 1 N–H and O–H groups in total. The minimum absolute atomic E-state index is 0.0514. The zero-order valence-corrected chi connectivity index (χ0v) is 17.8. The summed E-state index contributed by atoms with van der Waals surface area (Å²) in [5.41, 5.74) is 2.38. The zero-order chi connectivity index (χ0) is 21.6. The molecule has 8 nitrogen and oxygen atoms in total. The van der Waals surface area contributed by atoms with Gasteiger partial charge in [0.1, 0.15) is 0 Å². The molecule has 0 bridgehead atoms. The molecule has 0 unspecified atom stereocenters. The number of Topliss-reactive ketones (excluding diaryl/α,β-unsaturated/α-hetero) is 1. The van der Waals surface area contributed by atoms with Gasteiger partial charge in [-0.2, -0.15) is 0 Å². The first-order chi connectivity index (χ1) is 13.7. The predicted molar refractivity (Wildman–Crippen MR) is 108 cm³/mol. The molecule has 29 heavy (non-hydrogen) atoms. The van der Waals surface area contributed by atoms with Crippen LogP contribution in [0, 0.1) is 13.8 Å². The van der Waals surface area contributed by atoms with E-state index in [4.69, 9.17) is 9.47 Å². The summed E-state index contributed by atoms with van der Waals surface area (Å²) in [6.45, 7) is 6.43. The van der Waals surface area contributed by atoms with Crippen molar-refractivity contribution in [2.24, 2.45) is 0 Å². The first-order valence-electron chi connectivity index (χ1n) is 9.17. The maximum Gasteiger partial charge on any atom is 0.338 e. The largest absolute Gasteiger partial charge is 0.454 e. The summed E-state index contributed by atoms with van der Waals surface area (Å²) in [5, 5.41) is 0. The number of rotatable bonds is 10. The molecule has 1 aromatic carbocycles. The summed E-state index contributed by atoms with van der Waals surface area (Å²) in [4.78, 5) is 24.7. The Morgan fingerprint density at radius 1 is 1.14 bits per heavy atom. The molecule has 0 saturated carbocycles. The fourth-order valence-electron chi connectivity index (χ4n) is 2.95. The van der Waals surface area contributed by atoms with Crippen LogP contribution in [0.4, 0.5) is 0 Å². The number of carbonyl (C=O) groups excluding carboxylic acids is 2. The molecule has 158 valence electrons. The van der Waals surface area contributed by atoms with E-state index in [1.54, 1.807) is 20.1 Å². The molecule has 2 aromatic rings. The third-order valence-electron chi connectivity index (χ3n) is 4.46. The van der Waals surface area contributed by atoms with Crippen LogP contribution in [0.25, 0.3) is 0 Å². The molecule has 0 atom stereocenters. The lowest BCUT2D eigenvalue weighted by Crippen LogP contribution is -2.23. The van der Waals surface area contributed by atoms with E-state index in [0.717, 1.165) is 11.4 Å². The molecule has 0 radical (unpaired) electrons. The van der Waals surface area contributed by atoms with E-state index in [1.165, 1.54) is 24.3 Å². The maximum atomic E-state index is 12.5. The Balaban J connectivity index is 2.03. The van der Waals surface area contributed by atoms with Gasteiger partial charge in [0.15, 0.2) is 6.61 Å². The average molecular weight is 423 g/mol. The highest BCUT2D eigenvalue weighted by atomic mass is 32.2. The number of sulfonamides is 1. The van der Waals surface area contributed by atoms with E-state index in [2.05, 4.69) is 4.72 Å². The molecule has 1 aromatic heterocycles. The number of benzene rings is 1. The number of aryl methyl sites for hydroxylation is 1. The van der Waals surface area contributed by atoms with Gasteiger partial charge in [0, 0.05) is 37.2 Å². The number of aromatic nitrogens is 1. The SMILES string of the molecule is CCNS(=O)(=O)c1ccc(C(=O)OCC(=O)c2cc(C)n(CCOC)c2C)cc1. The number of esters is 1. The van der Waals surface area contributed by atoms with Crippen molar-refractivity contribution in [2.45, 2.75) is 32.2 Å². The van der Waals surface area contributed by atoms with Crippen molar-refractivity contribution in [2.75, 3.05) is 26.9 Å². The summed E-state index contributed by atoms with van der Waals surface area (Å²) >= 11 is 0. The van der Waals surface area contributed by atoms with Crippen LogP contribution >= 0.6 is 0 Å². The van der Waals surface area contributed by atoms with Gasteiger partial charge in [-0.3, -0.25) is 4.79 Å². The molecule has 0 saturated heterocycles. The second-order valence-electron chi connectivity index (χ2n) is 6.45. The van der Waals surface area contributed by atoms with E-state index in [9.17, 15) is 18.0 Å². The van der Waals surface area contributed by atoms with Gasteiger partial charge in [-0.25, -0.2) is 17.9 Å². The number of ether oxygens (including phenoxy) is 2. The summed E-state index contributed by atoms with van der Waals surface area (Å²) < 4.78 is 38.4. The van der Waals surface area contributed by atoms with Crippen molar-refractivity contribution in [3.63, 3.8) is 0 Å². The monoisotopic (exact) mass is 422 g/mol. The zero-order valence-electron chi connectivity index (χ0n) is 17.0. The van der Waals surface area contributed by atoms with Crippen LogP contribution in [0.15, 0.2) is 35.2 Å². The van der Waals surface area contributed by atoms with Gasteiger partial charge in [-0.1, -0.05) is 6.92 Å². The molecular formula is C20H26N2O6S. The first-order valence-corrected chi connectivity index (χ1v) is 10.6. The van der Waals surface area contributed by atoms with Crippen molar-refractivity contribution in [1.29, 1.82) is 0 Å². The van der Waals surface area contributed by atoms with Gasteiger partial charge < -0.3 is 14.0 Å². The smallest absolute Gasteiger partial charge is 0.338 e. The second-order valence-corrected chi connectivity index (χ2v) is 8.22. The van der Waals surface area contributed by atoms with Crippen molar-refractivity contribution >= 4 is 21.8 Å². The molecule has 1 heterocycles. The van der Waals surface area contributed by atoms with E-state index in [0.29, 0.717) is 18.7 Å². The minimum Gasteiger partial charge on any atom is -0.454 e. The Kier molecular flexibility index (Phi) is 7.72. The fraction of sp³-hybridized carbons (Fsp3) is 0.400. The summed E-state index contributed by atoms with van der Waals surface area (Å²) in [6, 6.07) is 7.11. The Morgan fingerprint density at radius 3 is 2.38 bits per heavy atom. The van der Waals surface area contributed by atoms with Crippen LogP contribution in [-0.4, -0.2) is 51.6 Å². The Hall–Kier alpha value is -2.49. The average Bonchev–Trinajstić information content (AvgIpc) is 2.98. The highest BCUT2D eigenvalue weighted by molar-refractivity contribution is 7.89. The van der Waals surface area contributed by atoms with Crippen LogP contribution in [0.5, 0.6) is 0 Å². The predicted octanol–water partition coefficient (Wildman–Crippen LogP) is 2.09. The van der Waals surface area contributed by atoms with Crippen LogP contribution in [0.1, 0.15) is 39.0 Å². The summed E-state index contributed by atoms with van der Waals surface area (Å²) in [6.07, 6.45) is 0. The van der Waals surface area contributed by atoms with Gasteiger partial charge in [0.25, 0.3) is 0 Å². The maximum absolute atomic E-state index is 12.5. The number of methoxy groups -OCH3 is 1. The van der Waals surface area contributed by atoms with Crippen LogP contribution < -0.4 is 4.72 Å². The normalized spacial score (nSPS) is 11.4. The van der Waals surface area contributed by atoms with E-state index in [-0.39, 0.29) is 22.8 Å². The lowest BCUT2D eigenvalue weighted by atomic mass is 10.1. The lowest BCUT2D eigenvalue weighted by Gasteiger charge is -2.09. The topological polar surface area (TPSA) is 104 Å². The molecule has 0 amide bonds. The van der Waals surface area contributed by atoms with Crippen molar-refractivity contribution < 1.29 is 27.5 Å². The lowest BCUT2D eigenvalue weighted by molar-refractivity contribution is 0.0474. The van der Waals surface area contributed by atoms with Crippen molar-refractivity contribution in [1.82, 2.24) is 9.29 Å². The molecule has 9 heteroatoms. The standard InChI is InChI=1S/C20H26N2O6S/c1-5-21-29(25,26)17-8-6-16(7-9-17)20(24)28-13-19(23)18-12-14(2)22(15(18)3)10-11-27-4/h6-9,12,21H,5,10-11,13H2,1-4H3. The minimum atomic E-state index is -3.60. The molecule has 0 aliphatic carbocycles. The van der Waals surface area contributed by atoms with Gasteiger partial charge in [-0.05, 0) is 44.2 Å².